The van der Waals surface area contributed by atoms with Crippen molar-refractivity contribution in [1.82, 2.24) is 4.98 Å². The van der Waals surface area contributed by atoms with Crippen LogP contribution in [0.3, 0.4) is 0 Å². The van der Waals surface area contributed by atoms with E-state index in [1.165, 1.54) is 11.3 Å². The zero-order valence-corrected chi connectivity index (χ0v) is 17.5. The zero-order chi connectivity index (χ0) is 19.2. The molecule has 1 aromatic heterocycles. The van der Waals surface area contributed by atoms with Gasteiger partial charge in [0.15, 0.2) is 0 Å². The third-order valence-electron chi connectivity index (χ3n) is 3.59. The summed E-state index contributed by atoms with van der Waals surface area (Å²) in [4.78, 5) is 16.7. The Morgan fingerprint density at radius 3 is 2.89 bits per heavy atom. The maximum absolute atomic E-state index is 12.2. The average molecular weight is 439 g/mol. The Bertz CT molecular complexity index is 947. The van der Waals surface area contributed by atoms with Crippen molar-refractivity contribution in [1.29, 1.82) is 0 Å². The van der Waals surface area contributed by atoms with E-state index in [9.17, 15) is 4.79 Å². The summed E-state index contributed by atoms with van der Waals surface area (Å²) >= 11 is 15.2. The molecule has 0 aliphatic carbocycles. The van der Waals surface area contributed by atoms with Crippen LogP contribution in [0.25, 0.3) is 0 Å². The first-order valence-electron chi connectivity index (χ1n) is 7.98. The summed E-state index contributed by atoms with van der Waals surface area (Å²) in [6.45, 7) is 0. The fourth-order valence-electron chi connectivity index (χ4n) is 2.28. The van der Waals surface area contributed by atoms with E-state index in [1.807, 2.05) is 35.7 Å². The highest BCUT2D eigenvalue weighted by Crippen LogP contribution is 2.30. The lowest BCUT2D eigenvalue weighted by atomic mass is 10.2. The molecule has 0 spiro atoms. The molecule has 1 heterocycles. The lowest BCUT2D eigenvalue weighted by Gasteiger charge is -2.06. The first-order chi connectivity index (χ1) is 13.0. The van der Waals surface area contributed by atoms with Crippen molar-refractivity contribution in [3.63, 3.8) is 0 Å². The number of ether oxygens (including phenoxy) is 1. The highest BCUT2D eigenvalue weighted by Gasteiger charge is 2.10. The lowest BCUT2D eigenvalue weighted by molar-refractivity contribution is -0.115. The van der Waals surface area contributed by atoms with E-state index < -0.39 is 0 Å². The molecule has 27 heavy (non-hydrogen) atoms. The Labute approximate surface area is 175 Å². The highest BCUT2D eigenvalue weighted by atomic mass is 35.5. The Morgan fingerprint density at radius 1 is 1.26 bits per heavy atom. The molecule has 0 atom stereocenters. The number of thiazole rings is 1. The van der Waals surface area contributed by atoms with Crippen LogP contribution in [-0.2, 0) is 17.0 Å². The third-order valence-corrected chi connectivity index (χ3v) is 6.30. The van der Waals surface area contributed by atoms with Gasteiger partial charge in [-0.05, 0) is 29.8 Å². The number of amides is 1. The standard InChI is InChI=1S/C19H16Cl2N2O2S2/c1-25-16-4-2-3-14(8-16)22-18(24)9-15-11-27-19(23-15)26-10-12-5-6-13(20)7-17(12)21/h2-8,11H,9-10H2,1H3,(H,22,24). The number of hydrogen-bond acceptors (Lipinski definition) is 5. The quantitative estimate of drug-likeness (QED) is 0.464. The molecule has 0 aliphatic heterocycles. The summed E-state index contributed by atoms with van der Waals surface area (Å²) in [5.74, 6) is 1.27. The number of anilines is 1. The molecule has 0 bridgehead atoms. The molecule has 0 fully saturated rings. The largest absolute Gasteiger partial charge is 0.497 e. The van der Waals surface area contributed by atoms with Crippen LogP contribution in [0.15, 0.2) is 52.2 Å². The number of thioether (sulfide) groups is 1. The Hall–Kier alpha value is -1.73. The number of rotatable bonds is 7. The maximum atomic E-state index is 12.2. The molecule has 3 rings (SSSR count). The zero-order valence-electron chi connectivity index (χ0n) is 14.4. The summed E-state index contributed by atoms with van der Waals surface area (Å²) in [6, 6.07) is 12.7. The van der Waals surface area contributed by atoms with Crippen LogP contribution >= 0.6 is 46.3 Å². The van der Waals surface area contributed by atoms with Crippen molar-refractivity contribution < 1.29 is 9.53 Å². The summed E-state index contributed by atoms with van der Waals surface area (Å²) in [6.07, 6.45) is 0.218. The van der Waals surface area contributed by atoms with Gasteiger partial charge in [0.05, 0.1) is 19.2 Å². The van der Waals surface area contributed by atoms with Gasteiger partial charge in [0.2, 0.25) is 5.91 Å². The number of hydrogen-bond donors (Lipinski definition) is 1. The first-order valence-corrected chi connectivity index (χ1v) is 10.6. The monoisotopic (exact) mass is 438 g/mol. The number of methoxy groups -OCH3 is 1. The average Bonchev–Trinajstić information content (AvgIpc) is 3.08. The maximum Gasteiger partial charge on any atom is 0.230 e. The predicted molar refractivity (Wildman–Crippen MR) is 113 cm³/mol. The smallest absolute Gasteiger partial charge is 0.230 e. The predicted octanol–water partition coefficient (Wildman–Crippen LogP) is 5.93. The molecule has 1 amide bonds. The lowest BCUT2D eigenvalue weighted by Crippen LogP contribution is -2.14. The van der Waals surface area contributed by atoms with Crippen molar-refractivity contribution in [3.05, 3.63) is 69.1 Å². The van der Waals surface area contributed by atoms with Gasteiger partial charge in [-0.1, -0.05) is 47.1 Å². The van der Waals surface area contributed by atoms with E-state index in [2.05, 4.69) is 10.3 Å². The molecule has 0 unspecified atom stereocenters. The number of carbonyl (C=O) groups is 1. The van der Waals surface area contributed by atoms with E-state index in [0.717, 1.165) is 15.6 Å². The fourth-order valence-corrected chi connectivity index (χ4v) is 4.69. The van der Waals surface area contributed by atoms with Gasteiger partial charge < -0.3 is 10.1 Å². The number of aromatic nitrogens is 1. The second kappa shape index (κ2) is 9.46. The summed E-state index contributed by atoms with van der Waals surface area (Å²) in [5.41, 5.74) is 2.44. The van der Waals surface area contributed by atoms with Crippen molar-refractivity contribution in [3.8, 4) is 5.75 Å². The number of halogens is 2. The Morgan fingerprint density at radius 2 is 2.11 bits per heavy atom. The van der Waals surface area contributed by atoms with Crippen LogP contribution < -0.4 is 10.1 Å². The molecule has 0 saturated carbocycles. The second-order valence-electron chi connectivity index (χ2n) is 5.59. The van der Waals surface area contributed by atoms with Gasteiger partial charge in [-0.3, -0.25) is 4.79 Å². The van der Waals surface area contributed by atoms with Gasteiger partial charge in [0.1, 0.15) is 10.1 Å². The topological polar surface area (TPSA) is 51.2 Å². The number of carbonyl (C=O) groups excluding carboxylic acids is 1. The van der Waals surface area contributed by atoms with Crippen LogP contribution in [0.4, 0.5) is 5.69 Å². The van der Waals surface area contributed by atoms with E-state index in [4.69, 9.17) is 27.9 Å². The summed E-state index contributed by atoms with van der Waals surface area (Å²) in [7, 11) is 1.59. The van der Waals surface area contributed by atoms with Gasteiger partial charge in [-0.15, -0.1) is 11.3 Å². The highest BCUT2D eigenvalue weighted by molar-refractivity contribution is 8.00. The molecule has 0 saturated heterocycles. The van der Waals surface area contributed by atoms with Gasteiger partial charge in [-0.25, -0.2) is 4.98 Å². The number of benzene rings is 2. The van der Waals surface area contributed by atoms with E-state index >= 15 is 0 Å². The van der Waals surface area contributed by atoms with Crippen LogP contribution in [0.2, 0.25) is 10.0 Å². The molecular weight excluding hydrogens is 423 g/mol. The minimum Gasteiger partial charge on any atom is -0.497 e. The van der Waals surface area contributed by atoms with Gasteiger partial charge in [0.25, 0.3) is 0 Å². The summed E-state index contributed by atoms with van der Waals surface area (Å²) < 4.78 is 6.05. The molecule has 3 aromatic rings. The number of nitrogens with one attached hydrogen (secondary N) is 1. The summed E-state index contributed by atoms with van der Waals surface area (Å²) in [5, 5.41) is 6.01. The van der Waals surface area contributed by atoms with Crippen LogP contribution in [-0.4, -0.2) is 18.0 Å². The Kier molecular flexibility index (Phi) is 7.01. The van der Waals surface area contributed by atoms with Gasteiger partial charge in [0, 0.05) is 32.9 Å². The number of nitrogens with zero attached hydrogens (tertiary/aromatic N) is 1. The SMILES string of the molecule is COc1cccc(NC(=O)Cc2csc(SCc3ccc(Cl)cc3Cl)n2)c1. The van der Waals surface area contributed by atoms with Crippen molar-refractivity contribution in [2.45, 2.75) is 16.5 Å². The van der Waals surface area contributed by atoms with Gasteiger partial charge >= 0.3 is 0 Å². The van der Waals surface area contributed by atoms with E-state index in [-0.39, 0.29) is 12.3 Å². The van der Waals surface area contributed by atoms with E-state index in [1.54, 1.807) is 31.0 Å². The minimum absolute atomic E-state index is 0.120. The molecule has 0 aliphatic rings. The first kappa shape index (κ1) is 20.0. The van der Waals surface area contributed by atoms with Crippen LogP contribution in [0, 0.1) is 0 Å². The molecule has 1 N–H and O–H groups in total. The molecule has 2 aromatic carbocycles. The van der Waals surface area contributed by atoms with Crippen LogP contribution in [0.5, 0.6) is 5.75 Å². The molecule has 0 radical (unpaired) electrons. The molecular formula is C19H16Cl2N2O2S2. The van der Waals surface area contributed by atoms with Gasteiger partial charge in [-0.2, -0.15) is 0 Å². The fraction of sp³-hybridized carbons (Fsp3) is 0.158. The minimum atomic E-state index is -0.120. The Balaban J connectivity index is 1.54. The molecule has 4 nitrogen and oxygen atoms in total. The normalized spacial score (nSPS) is 10.6. The molecule has 8 heteroatoms. The second-order valence-corrected chi connectivity index (χ2v) is 8.51. The van der Waals surface area contributed by atoms with Crippen molar-refractivity contribution >= 4 is 57.9 Å². The molecule has 140 valence electrons. The third kappa shape index (κ3) is 5.87. The van der Waals surface area contributed by atoms with Crippen molar-refractivity contribution in [2.24, 2.45) is 0 Å². The van der Waals surface area contributed by atoms with E-state index in [0.29, 0.717) is 27.2 Å². The van der Waals surface area contributed by atoms with Crippen molar-refractivity contribution in [2.75, 3.05) is 12.4 Å². The van der Waals surface area contributed by atoms with Crippen LogP contribution in [0.1, 0.15) is 11.3 Å².